The van der Waals surface area contributed by atoms with Crippen molar-refractivity contribution in [2.45, 2.75) is 19.4 Å². The van der Waals surface area contributed by atoms with E-state index < -0.39 is 6.10 Å². The fraction of sp³-hybridized carbons (Fsp3) is 0.571. The summed E-state index contributed by atoms with van der Waals surface area (Å²) in [7, 11) is 0. The van der Waals surface area contributed by atoms with Gasteiger partial charge in [-0.1, -0.05) is 31.2 Å². The number of benzene rings is 1. The summed E-state index contributed by atoms with van der Waals surface area (Å²) in [5.74, 6) is 0. The molecule has 18 heavy (non-hydrogen) atoms. The monoisotopic (exact) mass is 253 g/mol. The van der Waals surface area contributed by atoms with Gasteiger partial charge in [0.2, 0.25) is 0 Å². The Labute approximate surface area is 109 Å². The van der Waals surface area contributed by atoms with Gasteiger partial charge >= 0.3 is 0 Å². The maximum atomic E-state index is 9.94. The van der Waals surface area contributed by atoms with Gasteiger partial charge in [-0.3, -0.25) is 0 Å². The Balaban J connectivity index is 2.21. The van der Waals surface area contributed by atoms with E-state index in [2.05, 4.69) is 12.2 Å². The molecule has 0 bridgehead atoms. The van der Waals surface area contributed by atoms with E-state index in [0.717, 1.165) is 12.0 Å². The molecule has 1 rings (SSSR count). The maximum absolute atomic E-state index is 9.94. The largest absolute Gasteiger partial charge is 0.394 e. The predicted molar refractivity (Wildman–Crippen MR) is 71.6 cm³/mol. The van der Waals surface area contributed by atoms with Crippen molar-refractivity contribution < 1.29 is 14.9 Å². The molecule has 1 atom stereocenters. The third kappa shape index (κ3) is 5.60. The molecule has 0 aliphatic rings. The third-order valence-electron chi connectivity index (χ3n) is 2.77. The van der Waals surface area contributed by atoms with Crippen LogP contribution in [0.5, 0.6) is 0 Å². The van der Waals surface area contributed by atoms with E-state index in [-0.39, 0.29) is 6.61 Å². The van der Waals surface area contributed by atoms with Gasteiger partial charge in [-0.25, -0.2) is 0 Å². The van der Waals surface area contributed by atoms with E-state index >= 15 is 0 Å². The Morgan fingerprint density at radius 2 is 1.94 bits per heavy atom. The highest BCUT2D eigenvalue weighted by atomic mass is 16.5. The van der Waals surface area contributed by atoms with Crippen LogP contribution in [0.15, 0.2) is 24.3 Å². The molecule has 0 aliphatic heterocycles. The molecule has 0 spiro atoms. The minimum absolute atomic E-state index is 0.0480. The van der Waals surface area contributed by atoms with E-state index in [1.54, 1.807) is 0 Å². The van der Waals surface area contributed by atoms with E-state index in [1.807, 2.05) is 24.3 Å². The van der Waals surface area contributed by atoms with Crippen LogP contribution < -0.4 is 5.32 Å². The first-order valence-electron chi connectivity index (χ1n) is 6.44. The van der Waals surface area contributed by atoms with Gasteiger partial charge in [-0.15, -0.1) is 0 Å². The third-order valence-corrected chi connectivity index (χ3v) is 2.77. The van der Waals surface area contributed by atoms with Gasteiger partial charge in [-0.2, -0.15) is 0 Å². The minimum atomic E-state index is -0.492. The van der Waals surface area contributed by atoms with Crippen molar-refractivity contribution in [1.29, 1.82) is 0 Å². The molecule has 0 heterocycles. The number of nitrogens with one attached hydrogen (secondary N) is 1. The summed E-state index contributed by atoms with van der Waals surface area (Å²) in [5, 5.41) is 21.6. The van der Waals surface area contributed by atoms with E-state index in [4.69, 9.17) is 9.84 Å². The van der Waals surface area contributed by atoms with Crippen LogP contribution in [-0.4, -0.2) is 43.1 Å². The fourth-order valence-corrected chi connectivity index (χ4v) is 1.64. The van der Waals surface area contributed by atoms with Crippen molar-refractivity contribution in [2.75, 3.05) is 32.9 Å². The van der Waals surface area contributed by atoms with Gasteiger partial charge in [0.25, 0.3) is 0 Å². The lowest BCUT2D eigenvalue weighted by Gasteiger charge is -2.12. The first-order valence-corrected chi connectivity index (χ1v) is 6.44. The Morgan fingerprint density at radius 1 is 1.22 bits per heavy atom. The average Bonchev–Trinajstić information content (AvgIpc) is 2.42. The highest BCUT2D eigenvalue weighted by Crippen LogP contribution is 2.13. The minimum Gasteiger partial charge on any atom is -0.394 e. The lowest BCUT2D eigenvalue weighted by atomic mass is 10.1. The summed E-state index contributed by atoms with van der Waals surface area (Å²) < 4.78 is 5.11. The number of aliphatic hydroxyl groups excluding tert-OH is 2. The number of ether oxygens (including phenoxy) is 1. The zero-order valence-corrected chi connectivity index (χ0v) is 10.9. The van der Waals surface area contributed by atoms with Crippen LogP contribution in [-0.2, 0) is 11.2 Å². The van der Waals surface area contributed by atoms with Gasteiger partial charge in [0.1, 0.15) is 0 Å². The Kier molecular flexibility index (Phi) is 7.60. The second-order valence-corrected chi connectivity index (χ2v) is 4.15. The Bertz CT molecular complexity index is 313. The van der Waals surface area contributed by atoms with Crippen molar-refractivity contribution in [3.63, 3.8) is 0 Å². The summed E-state index contributed by atoms with van der Waals surface area (Å²) in [5.41, 5.74) is 2.20. The fourth-order valence-electron chi connectivity index (χ4n) is 1.64. The molecule has 1 aromatic carbocycles. The highest BCUT2D eigenvalue weighted by Gasteiger charge is 2.06. The molecule has 1 aromatic rings. The molecule has 0 saturated carbocycles. The van der Waals surface area contributed by atoms with Crippen LogP contribution in [0.1, 0.15) is 24.2 Å². The molecule has 1 unspecified atom stereocenters. The zero-order valence-electron chi connectivity index (χ0n) is 10.9. The van der Waals surface area contributed by atoms with Crippen LogP contribution in [0.4, 0.5) is 0 Å². The van der Waals surface area contributed by atoms with Crippen molar-refractivity contribution >= 4 is 0 Å². The van der Waals surface area contributed by atoms with Gasteiger partial charge in [-0.05, 0) is 17.5 Å². The first-order chi connectivity index (χ1) is 8.77. The summed E-state index contributed by atoms with van der Waals surface area (Å²) in [6, 6.07) is 8.02. The zero-order chi connectivity index (χ0) is 13.2. The van der Waals surface area contributed by atoms with Crippen LogP contribution in [0.3, 0.4) is 0 Å². The van der Waals surface area contributed by atoms with Crippen molar-refractivity contribution in [2.24, 2.45) is 0 Å². The highest BCUT2D eigenvalue weighted by molar-refractivity contribution is 5.24. The van der Waals surface area contributed by atoms with Crippen molar-refractivity contribution in [1.82, 2.24) is 5.32 Å². The maximum Gasteiger partial charge on any atom is 0.0914 e. The number of aryl methyl sites for hydroxylation is 1. The molecule has 0 radical (unpaired) electrons. The molecule has 0 amide bonds. The van der Waals surface area contributed by atoms with Crippen molar-refractivity contribution in [3.05, 3.63) is 35.4 Å². The summed E-state index contributed by atoms with van der Waals surface area (Å²) in [6.45, 7) is 4.24. The van der Waals surface area contributed by atoms with Gasteiger partial charge in [0.15, 0.2) is 0 Å². The molecule has 0 saturated heterocycles. The lowest BCUT2D eigenvalue weighted by Crippen LogP contribution is -2.25. The number of aliphatic hydroxyl groups is 2. The quantitative estimate of drug-likeness (QED) is 0.572. The second-order valence-electron chi connectivity index (χ2n) is 4.15. The van der Waals surface area contributed by atoms with E-state index in [1.165, 1.54) is 5.56 Å². The van der Waals surface area contributed by atoms with Crippen LogP contribution >= 0.6 is 0 Å². The summed E-state index contributed by atoms with van der Waals surface area (Å²) in [4.78, 5) is 0. The Hall–Kier alpha value is -0.940. The standard InChI is InChI=1S/C14H23NO3/c1-2-12-3-5-13(6-4-12)14(17)11-15-7-9-18-10-8-16/h3-6,14-17H,2,7-11H2,1H3. The molecule has 3 N–H and O–H groups in total. The van der Waals surface area contributed by atoms with Gasteiger partial charge in [0, 0.05) is 13.1 Å². The normalized spacial score (nSPS) is 12.6. The molecule has 0 fully saturated rings. The topological polar surface area (TPSA) is 61.7 Å². The van der Waals surface area contributed by atoms with Crippen LogP contribution in [0, 0.1) is 0 Å². The molecule has 0 aliphatic carbocycles. The summed E-state index contributed by atoms with van der Waals surface area (Å²) in [6.07, 6.45) is 0.519. The lowest BCUT2D eigenvalue weighted by molar-refractivity contribution is 0.0910. The SMILES string of the molecule is CCc1ccc(C(O)CNCCOCCO)cc1. The van der Waals surface area contributed by atoms with Gasteiger partial charge in [0.05, 0.1) is 25.9 Å². The van der Waals surface area contributed by atoms with E-state index in [9.17, 15) is 5.11 Å². The summed E-state index contributed by atoms with van der Waals surface area (Å²) >= 11 is 0. The molecule has 102 valence electrons. The van der Waals surface area contributed by atoms with E-state index in [0.29, 0.717) is 26.3 Å². The van der Waals surface area contributed by atoms with Crippen molar-refractivity contribution in [3.8, 4) is 0 Å². The molecule has 0 aromatic heterocycles. The molecular weight excluding hydrogens is 230 g/mol. The van der Waals surface area contributed by atoms with Crippen LogP contribution in [0.2, 0.25) is 0 Å². The Morgan fingerprint density at radius 3 is 2.56 bits per heavy atom. The molecule has 4 nitrogen and oxygen atoms in total. The molecular formula is C14H23NO3. The molecule has 4 heteroatoms. The first kappa shape index (κ1) is 15.1. The van der Waals surface area contributed by atoms with Gasteiger partial charge < -0.3 is 20.3 Å². The van der Waals surface area contributed by atoms with Crippen LogP contribution in [0.25, 0.3) is 0 Å². The second kappa shape index (κ2) is 9.05. The number of rotatable bonds is 9. The number of hydrogen-bond acceptors (Lipinski definition) is 4. The number of hydrogen-bond donors (Lipinski definition) is 3. The smallest absolute Gasteiger partial charge is 0.0914 e. The predicted octanol–water partition coefficient (Wildman–Crippen LogP) is 0.881. The average molecular weight is 253 g/mol.